The molecule has 10 heteroatoms. The maximum Gasteiger partial charge on any atom is 0.160 e. The Labute approximate surface area is 721 Å². The number of furan rings is 4. The normalized spacial score (nSPS) is 12.4. The van der Waals surface area contributed by atoms with Gasteiger partial charge in [-0.15, -0.1) is 22.7 Å². The number of nitrogens with zero attached hydrogens (tertiary/aromatic N) is 4. The van der Waals surface area contributed by atoms with Crippen molar-refractivity contribution in [2.45, 2.75) is 0 Å². The fourth-order valence-corrected chi connectivity index (χ4v) is 24.1. The minimum absolute atomic E-state index is 0.933. The van der Waals surface area contributed by atoms with Crippen molar-refractivity contribution >= 4 is 303 Å². The first kappa shape index (κ1) is 68.4. The van der Waals surface area contributed by atoms with Gasteiger partial charge < -0.3 is 35.3 Å². The van der Waals surface area contributed by atoms with Crippen molar-refractivity contribution in [2.24, 2.45) is 0 Å². The van der Waals surface area contributed by atoms with E-state index in [-0.39, 0.29) is 0 Å². The van der Waals surface area contributed by atoms with E-state index in [4.69, 9.17) is 17.7 Å². The van der Waals surface area contributed by atoms with Gasteiger partial charge in [-0.3, -0.25) is 0 Å². The van der Waals surface area contributed by atoms with Crippen molar-refractivity contribution in [3.05, 3.63) is 389 Å². The maximum absolute atomic E-state index is 6.62. The molecular weight excluding hydrogens is 1580 g/mol. The zero-order chi connectivity index (χ0) is 81.8. The number of thiophene rings is 2. The van der Waals surface area contributed by atoms with Crippen molar-refractivity contribution in [3.8, 4) is 0 Å². The summed E-state index contributed by atoms with van der Waals surface area (Å²) in [7, 11) is 0. The third-order valence-electron chi connectivity index (χ3n) is 27.0. The van der Waals surface area contributed by atoms with Gasteiger partial charge in [0.05, 0.1) is 54.9 Å². The Hall–Kier alpha value is -16.2. The summed E-state index contributed by atoms with van der Waals surface area (Å²) in [6.07, 6.45) is 9.03. The summed E-state index contributed by atoms with van der Waals surface area (Å²) in [6.45, 7) is 0. The molecule has 32 rings (SSSR count). The highest BCUT2D eigenvalue weighted by atomic mass is 32.1. The lowest BCUT2D eigenvalue weighted by molar-refractivity contribution is 0.669. The number of rotatable bonds is 0. The molecule has 14 aromatic heterocycles. The molecule has 32 aromatic rings. The van der Waals surface area contributed by atoms with Crippen molar-refractivity contribution in [1.82, 2.24) is 17.6 Å². The lowest BCUT2D eigenvalue weighted by Gasteiger charge is -2.12. The first-order valence-corrected chi connectivity index (χ1v) is 44.4. The lowest BCUT2D eigenvalue weighted by Crippen LogP contribution is -1.90. The molecule has 126 heavy (non-hydrogen) atoms. The largest absolute Gasteiger partial charge is 0.456 e. The fraction of sp³-hybridized carbons (Fsp3) is 0. The Morgan fingerprint density at radius 3 is 1.07 bits per heavy atom. The molecule has 0 bridgehead atoms. The van der Waals surface area contributed by atoms with E-state index >= 15 is 0 Å². The lowest BCUT2D eigenvalue weighted by atomic mass is 9.97. The minimum Gasteiger partial charge on any atom is -0.456 e. The predicted molar refractivity (Wildman–Crippen MR) is 535 cm³/mol. The van der Waals surface area contributed by atoms with E-state index in [1.807, 2.05) is 59.1 Å². The third-order valence-corrected chi connectivity index (χ3v) is 29.4. The second-order valence-corrected chi connectivity index (χ2v) is 35.7. The highest BCUT2D eigenvalue weighted by molar-refractivity contribution is 7.27. The monoisotopic (exact) mass is 1640 g/mol. The molecule has 0 aliphatic heterocycles. The molecule has 0 aliphatic rings. The van der Waals surface area contributed by atoms with Crippen LogP contribution < -0.4 is 0 Å². The van der Waals surface area contributed by atoms with E-state index in [0.717, 1.165) is 66.3 Å². The summed E-state index contributed by atoms with van der Waals surface area (Å²) < 4.78 is 40.5. The van der Waals surface area contributed by atoms with E-state index in [2.05, 4.69) is 370 Å². The van der Waals surface area contributed by atoms with E-state index in [0.29, 0.717) is 0 Å². The van der Waals surface area contributed by atoms with Crippen molar-refractivity contribution in [3.63, 3.8) is 0 Å². The summed E-state index contributed by atoms with van der Waals surface area (Å²) in [6, 6.07) is 130. The molecule has 0 aliphatic carbocycles. The van der Waals surface area contributed by atoms with Crippen LogP contribution in [0.25, 0.3) is 280 Å². The topological polar surface area (TPSA) is 70.2 Å². The van der Waals surface area contributed by atoms with Gasteiger partial charge in [0.1, 0.15) is 39.1 Å². The number of para-hydroxylation sites is 4. The molecule has 0 unspecified atom stereocenters. The molecule has 0 saturated heterocycles. The summed E-state index contributed by atoms with van der Waals surface area (Å²) >= 11 is 3.76. The number of hydrogen-bond acceptors (Lipinski definition) is 6. The molecule has 0 spiro atoms. The van der Waals surface area contributed by atoms with Crippen LogP contribution in [0.2, 0.25) is 0 Å². The first-order valence-electron chi connectivity index (χ1n) is 42.8. The second-order valence-electron chi connectivity index (χ2n) is 33.5. The van der Waals surface area contributed by atoms with E-state index in [1.54, 1.807) is 0 Å². The number of hydrogen-bond donors (Lipinski definition) is 0. The highest BCUT2D eigenvalue weighted by Crippen LogP contribution is 2.51. The molecule has 0 saturated carbocycles. The van der Waals surface area contributed by atoms with Gasteiger partial charge in [-0.05, 0) is 89.6 Å². The second kappa shape index (κ2) is 25.7. The summed E-state index contributed by atoms with van der Waals surface area (Å²) in [5.41, 5.74) is 17.3. The average Bonchev–Trinajstić information content (AvgIpc) is 1.53. The van der Waals surface area contributed by atoms with E-state index in [1.165, 1.54) is 214 Å². The van der Waals surface area contributed by atoms with Crippen LogP contribution in [0.3, 0.4) is 0 Å². The number of benzene rings is 18. The van der Waals surface area contributed by atoms with Gasteiger partial charge in [0, 0.05) is 200 Å². The molecular formula is C116H64N4O4S2. The van der Waals surface area contributed by atoms with Crippen LogP contribution in [0.1, 0.15) is 0 Å². The van der Waals surface area contributed by atoms with Gasteiger partial charge in [-0.25, -0.2) is 0 Å². The number of pyridine rings is 4. The van der Waals surface area contributed by atoms with Gasteiger partial charge in [-0.2, -0.15) is 0 Å². The zero-order valence-electron chi connectivity index (χ0n) is 67.2. The van der Waals surface area contributed by atoms with E-state index < -0.39 is 0 Å². The van der Waals surface area contributed by atoms with Crippen LogP contribution in [0, 0.1) is 0 Å². The van der Waals surface area contributed by atoms with Crippen LogP contribution in [0.4, 0.5) is 0 Å². The molecule has 18 aromatic carbocycles. The van der Waals surface area contributed by atoms with Gasteiger partial charge in [0.2, 0.25) is 0 Å². The summed E-state index contributed by atoms with van der Waals surface area (Å²) in [4.78, 5) is 0. The molecule has 8 nitrogen and oxygen atoms in total. The van der Waals surface area contributed by atoms with Gasteiger partial charge in [-0.1, -0.05) is 279 Å². The van der Waals surface area contributed by atoms with Crippen LogP contribution in [0.5, 0.6) is 0 Å². The Balaban J connectivity index is 0.0000000841. The quantitative estimate of drug-likeness (QED) is 0.142. The van der Waals surface area contributed by atoms with Gasteiger partial charge >= 0.3 is 0 Å². The standard InChI is InChI=1S/2C32H17NOS.2C26H15NO/c1-2-8-19-18(7-1)17-33-24-15-13-21-20-9-3-5-11-25(20)34-32(21)30(24)29-23(31(19)33)14-16-27-28(29)22-10-4-6-12-26(22)35-27;1-2-8-19-18(7-1)17-33-25-16-15-22-20-9-3-5-11-26(20)34-31(22)29(25)28-24(30(19)33)14-13-23-21-10-4-6-12-27(21)35-32(23)28;1-2-8-17-16(7-1)15-27-23-14-25-22(19-10-5-6-12-24(19)28-25)13-21(23)18-9-3-4-11-20(18)26(17)27;1-2-8-17-16(7-1)15-27-24(17)20-11-4-3-9-18(20)21-13-14-22-19-10-5-6-12-23(19)28-26(22)25(21)27/h2*1-17H;2*1-15H. The Morgan fingerprint density at radius 2 is 0.516 bits per heavy atom. The zero-order valence-corrected chi connectivity index (χ0v) is 68.8. The molecule has 584 valence electrons. The SMILES string of the molecule is c1ccc2c(c1)cn1c2c2ccccc2c2ccc3c4ccccc4oc3c21.c1ccc2c(c1)cn1c3cc4oc5ccccc5c4cc3c3ccccc3c21.c1ccc2c(c1)cn1c3ccc4c5ccccc5oc4c3c3c(ccc4c5ccccc5sc43)c21.c1ccc2c(c1)cn1c3ccc4c5ccccc5oc4c3c3c(ccc4sc5ccccc5c43)c21. The van der Waals surface area contributed by atoms with Crippen LogP contribution in [-0.4, -0.2) is 17.6 Å². The molecule has 14 heterocycles. The number of aromatic nitrogens is 4. The van der Waals surface area contributed by atoms with E-state index in [9.17, 15) is 0 Å². The Bertz CT molecular complexity index is 10400. The maximum atomic E-state index is 6.62. The van der Waals surface area contributed by atoms with Crippen LogP contribution >= 0.6 is 22.7 Å². The van der Waals surface area contributed by atoms with Crippen molar-refractivity contribution in [2.75, 3.05) is 0 Å². The smallest absolute Gasteiger partial charge is 0.160 e. The highest BCUT2D eigenvalue weighted by Gasteiger charge is 2.26. The van der Waals surface area contributed by atoms with Crippen LogP contribution in [-0.2, 0) is 0 Å². The number of fused-ring (bicyclic) bond motifs is 55. The van der Waals surface area contributed by atoms with Gasteiger partial charge in [0.15, 0.2) is 5.58 Å². The molecule has 0 atom stereocenters. The first-order chi connectivity index (χ1) is 62.5. The fourth-order valence-electron chi connectivity index (χ4n) is 21.7. The predicted octanol–water partition coefficient (Wildman–Crippen LogP) is 33.9. The average molecular weight is 1640 g/mol. The third kappa shape index (κ3) is 9.44. The summed E-state index contributed by atoms with van der Waals surface area (Å²) in [5, 5.41) is 39.8. The van der Waals surface area contributed by atoms with Gasteiger partial charge in [0.25, 0.3) is 0 Å². The Morgan fingerprint density at radius 1 is 0.167 bits per heavy atom. The minimum atomic E-state index is 0.933. The molecule has 0 radical (unpaired) electrons. The van der Waals surface area contributed by atoms with Crippen molar-refractivity contribution in [1.29, 1.82) is 0 Å². The van der Waals surface area contributed by atoms with Crippen LogP contribution in [0.15, 0.2) is 406 Å². The summed E-state index contributed by atoms with van der Waals surface area (Å²) in [5.74, 6) is 0. The molecule has 0 amide bonds. The van der Waals surface area contributed by atoms with Crippen molar-refractivity contribution < 1.29 is 17.7 Å². The molecule has 0 fully saturated rings. The molecule has 0 N–H and O–H groups in total. The Kier molecular flexibility index (Phi) is 13.9.